The maximum absolute atomic E-state index is 12.5. The number of aliphatic hydroxyl groups excluding tert-OH is 2. The molecule has 69 heavy (non-hydrogen) atoms. The highest BCUT2D eigenvalue weighted by Crippen LogP contribution is 2.18. The normalized spacial score (nSPS) is 12.6. The highest BCUT2D eigenvalue weighted by atomic mass is 16.5. The fraction of sp³-hybridized carbons (Fsp3) is 0.937. The van der Waals surface area contributed by atoms with Gasteiger partial charge in [-0.3, -0.25) is 9.59 Å². The summed E-state index contributed by atoms with van der Waals surface area (Å²) in [6, 6.07) is -0.552. The van der Waals surface area contributed by atoms with E-state index < -0.39 is 12.1 Å². The predicted molar refractivity (Wildman–Crippen MR) is 301 cm³/mol. The number of carbonyl (C=O) groups excluding carboxylic acids is 2. The quantitative estimate of drug-likeness (QED) is 0.0321. The van der Waals surface area contributed by atoms with Crippen LogP contribution in [0.4, 0.5) is 0 Å². The lowest BCUT2D eigenvalue weighted by Gasteiger charge is -2.22. The first-order chi connectivity index (χ1) is 34.0. The maximum Gasteiger partial charge on any atom is 0.305 e. The number of carbonyl (C=O) groups is 2. The van der Waals surface area contributed by atoms with Crippen LogP contribution in [-0.2, 0) is 14.3 Å². The van der Waals surface area contributed by atoms with Gasteiger partial charge in [-0.1, -0.05) is 302 Å². The molecule has 410 valence electrons. The summed E-state index contributed by atoms with van der Waals surface area (Å²) >= 11 is 0. The minimum absolute atomic E-state index is 0.00737. The molecular weight excluding hydrogens is 851 g/mol. The van der Waals surface area contributed by atoms with Crippen molar-refractivity contribution in [2.75, 3.05) is 13.2 Å². The monoisotopic (exact) mass is 974 g/mol. The average Bonchev–Trinajstić information content (AvgIpc) is 3.35. The Hall–Kier alpha value is -1.40. The molecular formula is C63H123NO5. The number of amides is 1. The summed E-state index contributed by atoms with van der Waals surface area (Å²) in [5.41, 5.74) is 0. The van der Waals surface area contributed by atoms with Crippen LogP contribution in [0.1, 0.15) is 354 Å². The predicted octanol–water partition coefficient (Wildman–Crippen LogP) is 19.6. The molecule has 3 N–H and O–H groups in total. The van der Waals surface area contributed by atoms with Gasteiger partial charge < -0.3 is 20.3 Å². The molecule has 0 heterocycles. The summed E-state index contributed by atoms with van der Waals surface area (Å²) in [5, 5.41) is 23.4. The first-order valence-corrected chi connectivity index (χ1v) is 31.4. The molecule has 0 aromatic carbocycles. The fourth-order valence-electron chi connectivity index (χ4n) is 9.99. The van der Waals surface area contributed by atoms with Gasteiger partial charge in [-0.05, 0) is 51.4 Å². The number of allylic oxidation sites excluding steroid dienone is 2. The number of hydrogen-bond acceptors (Lipinski definition) is 5. The van der Waals surface area contributed by atoms with Gasteiger partial charge in [-0.2, -0.15) is 0 Å². The summed E-state index contributed by atoms with van der Waals surface area (Å²) in [5.74, 6) is -0.0511. The van der Waals surface area contributed by atoms with E-state index in [9.17, 15) is 19.8 Å². The molecule has 2 unspecified atom stereocenters. The number of nitrogens with one attached hydrogen (secondary N) is 1. The molecule has 6 nitrogen and oxygen atoms in total. The Bertz CT molecular complexity index is 1030. The molecule has 0 aromatic rings. The lowest BCUT2D eigenvalue weighted by atomic mass is 10.0. The van der Waals surface area contributed by atoms with Crippen LogP contribution in [0, 0.1) is 0 Å². The van der Waals surface area contributed by atoms with E-state index in [-0.39, 0.29) is 18.5 Å². The topological polar surface area (TPSA) is 95.9 Å². The summed E-state index contributed by atoms with van der Waals surface area (Å²) < 4.78 is 5.48. The zero-order valence-corrected chi connectivity index (χ0v) is 46.8. The Kier molecular flexibility index (Phi) is 58.0. The molecule has 2 atom stereocenters. The number of esters is 1. The van der Waals surface area contributed by atoms with Gasteiger partial charge in [0.15, 0.2) is 0 Å². The van der Waals surface area contributed by atoms with Crippen molar-refractivity contribution in [1.29, 1.82) is 0 Å². The molecule has 0 aliphatic carbocycles. The third-order valence-electron chi connectivity index (χ3n) is 14.8. The second-order valence-electron chi connectivity index (χ2n) is 21.7. The molecule has 0 radical (unpaired) electrons. The lowest BCUT2D eigenvalue weighted by Crippen LogP contribution is -2.45. The molecule has 0 saturated carbocycles. The Balaban J connectivity index is 3.43. The first kappa shape index (κ1) is 67.6. The van der Waals surface area contributed by atoms with Crippen molar-refractivity contribution in [2.24, 2.45) is 0 Å². The van der Waals surface area contributed by atoms with E-state index >= 15 is 0 Å². The number of rotatable bonds is 59. The van der Waals surface area contributed by atoms with E-state index in [1.165, 1.54) is 270 Å². The molecule has 0 aromatic heterocycles. The van der Waals surface area contributed by atoms with Crippen molar-refractivity contribution in [3.63, 3.8) is 0 Å². The third kappa shape index (κ3) is 55.8. The van der Waals surface area contributed by atoms with Gasteiger partial charge in [-0.25, -0.2) is 0 Å². The van der Waals surface area contributed by atoms with Crippen LogP contribution in [0.25, 0.3) is 0 Å². The number of aliphatic hydroxyl groups is 2. The minimum atomic E-state index is -0.674. The zero-order valence-electron chi connectivity index (χ0n) is 46.8. The highest BCUT2D eigenvalue weighted by Gasteiger charge is 2.20. The van der Waals surface area contributed by atoms with Crippen LogP contribution in [0.5, 0.6) is 0 Å². The molecule has 0 rings (SSSR count). The van der Waals surface area contributed by atoms with E-state index in [1.807, 2.05) is 0 Å². The van der Waals surface area contributed by atoms with Crippen molar-refractivity contribution in [2.45, 2.75) is 366 Å². The van der Waals surface area contributed by atoms with Gasteiger partial charge >= 0.3 is 5.97 Å². The van der Waals surface area contributed by atoms with Crippen LogP contribution >= 0.6 is 0 Å². The van der Waals surface area contributed by atoms with Crippen molar-refractivity contribution < 1.29 is 24.5 Å². The van der Waals surface area contributed by atoms with Crippen LogP contribution in [0.3, 0.4) is 0 Å². The maximum atomic E-state index is 12.5. The summed E-state index contributed by atoms with van der Waals surface area (Å²) in [6.45, 7) is 4.95. The van der Waals surface area contributed by atoms with E-state index in [0.717, 1.165) is 51.4 Å². The highest BCUT2D eigenvalue weighted by molar-refractivity contribution is 5.76. The van der Waals surface area contributed by atoms with Crippen molar-refractivity contribution in [1.82, 2.24) is 5.32 Å². The van der Waals surface area contributed by atoms with Gasteiger partial charge in [0, 0.05) is 12.8 Å². The molecule has 6 heteroatoms. The molecule has 0 aliphatic heterocycles. The van der Waals surface area contributed by atoms with Crippen LogP contribution in [-0.4, -0.2) is 47.4 Å². The van der Waals surface area contributed by atoms with Gasteiger partial charge in [-0.15, -0.1) is 0 Å². The van der Waals surface area contributed by atoms with E-state index in [2.05, 4.69) is 31.3 Å². The van der Waals surface area contributed by atoms with E-state index in [0.29, 0.717) is 25.9 Å². The van der Waals surface area contributed by atoms with Crippen molar-refractivity contribution >= 4 is 11.9 Å². The summed E-state index contributed by atoms with van der Waals surface area (Å²) in [7, 11) is 0. The smallest absolute Gasteiger partial charge is 0.305 e. The first-order valence-electron chi connectivity index (χ1n) is 31.4. The molecule has 0 spiro atoms. The second kappa shape index (κ2) is 59.2. The van der Waals surface area contributed by atoms with E-state index in [4.69, 9.17) is 4.74 Å². The van der Waals surface area contributed by atoms with Gasteiger partial charge in [0.2, 0.25) is 5.91 Å². The molecule has 0 aliphatic rings. The number of ether oxygens (including phenoxy) is 1. The average molecular weight is 975 g/mol. The third-order valence-corrected chi connectivity index (χ3v) is 14.8. The standard InChI is InChI=1S/C63H123NO5/c1-3-5-7-9-11-13-15-17-19-21-22-23-24-25-27-28-31-35-39-43-47-51-55-61(66)60(59-65)64-62(67)56-52-48-44-40-36-32-30-34-38-42-46-50-54-58-69-63(68)57-53-49-45-41-37-33-29-26-20-18-16-14-12-10-8-6-4-2/h18,20,60-61,65-66H,3-17,19,21-59H2,1-2H3,(H,64,67)/b20-18-. The number of unbranched alkanes of at least 4 members (excludes halogenated alkanes) is 46. The second-order valence-corrected chi connectivity index (χ2v) is 21.7. The largest absolute Gasteiger partial charge is 0.466 e. The Morgan fingerprint density at radius 3 is 1.03 bits per heavy atom. The van der Waals surface area contributed by atoms with E-state index in [1.54, 1.807) is 0 Å². The van der Waals surface area contributed by atoms with Gasteiger partial charge in [0.1, 0.15) is 0 Å². The number of hydrogen-bond donors (Lipinski definition) is 3. The van der Waals surface area contributed by atoms with Gasteiger partial charge in [0.05, 0.1) is 25.4 Å². The van der Waals surface area contributed by atoms with Crippen LogP contribution in [0.15, 0.2) is 12.2 Å². The van der Waals surface area contributed by atoms with Gasteiger partial charge in [0.25, 0.3) is 0 Å². The zero-order chi connectivity index (χ0) is 50.0. The SMILES string of the molecule is CCCCCCCC/C=C\CCCCCCCCCC(=O)OCCCCCCCCCCCCCCCC(=O)NC(CO)C(O)CCCCCCCCCCCCCCCCCCCCCCCC. The molecule has 0 fully saturated rings. The molecule has 0 saturated heterocycles. The van der Waals surface area contributed by atoms with Crippen LogP contribution < -0.4 is 5.32 Å². The summed E-state index contributed by atoms with van der Waals surface area (Å²) in [4.78, 5) is 24.6. The Labute approximate surface area is 431 Å². The Morgan fingerprint density at radius 1 is 0.391 bits per heavy atom. The Morgan fingerprint density at radius 2 is 0.681 bits per heavy atom. The van der Waals surface area contributed by atoms with Crippen molar-refractivity contribution in [3.8, 4) is 0 Å². The summed E-state index contributed by atoms with van der Waals surface area (Å²) in [6.07, 6.45) is 70.7. The lowest BCUT2D eigenvalue weighted by molar-refractivity contribution is -0.143. The minimum Gasteiger partial charge on any atom is -0.466 e. The fourth-order valence-corrected chi connectivity index (χ4v) is 9.99. The molecule has 0 bridgehead atoms. The van der Waals surface area contributed by atoms with Crippen molar-refractivity contribution in [3.05, 3.63) is 12.2 Å². The molecule has 1 amide bonds. The van der Waals surface area contributed by atoms with Crippen LogP contribution in [0.2, 0.25) is 0 Å².